The van der Waals surface area contributed by atoms with E-state index in [9.17, 15) is 0 Å². The van der Waals surface area contributed by atoms with Crippen LogP contribution in [-0.4, -0.2) is 41.5 Å². The van der Waals surface area contributed by atoms with Crippen LogP contribution < -0.4 is 0 Å². The molecule has 1 aromatic carbocycles. The Balaban J connectivity index is 0.000000184. The largest absolute Gasteiger partial charge is 0.312 e. The fourth-order valence-electron chi connectivity index (χ4n) is 0.786. The monoisotopic (exact) mass is 178 g/mol. The van der Waals surface area contributed by atoms with Gasteiger partial charge in [0, 0.05) is 0 Å². The molecule has 2 aromatic rings. The summed E-state index contributed by atoms with van der Waals surface area (Å²) in [7, 11) is 6.00. The van der Waals surface area contributed by atoms with Crippen molar-refractivity contribution < 1.29 is 0 Å². The molecule has 0 atom stereocenters. The Morgan fingerprint density at radius 1 is 1.00 bits per heavy atom. The highest BCUT2D eigenvalue weighted by molar-refractivity contribution is 5.72. The minimum Gasteiger partial charge on any atom is -0.312 e. The summed E-state index contributed by atoms with van der Waals surface area (Å²) in [6.45, 7) is 0. The van der Waals surface area contributed by atoms with Gasteiger partial charge in [-0.25, -0.2) is 0 Å². The Hall–Kier alpha value is -1.42. The Labute approximate surface area is 77.6 Å². The minimum atomic E-state index is 0.914. The van der Waals surface area contributed by atoms with E-state index in [4.69, 9.17) is 0 Å². The lowest BCUT2D eigenvalue weighted by atomic mass is 10.3. The molecule has 0 bridgehead atoms. The zero-order valence-electron chi connectivity index (χ0n) is 8.15. The maximum absolute atomic E-state index is 3.88. The van der Waals surface area contributed by atoms with Crippen molar-refractivity contribution in [2.45, 2.75) is 0 Å². The molecule has 2 rings (SSSR count). The van der Waals surface area contributed by atoms with E-state index < -0.39 is 0 Å². The summed E-state index contributed by atoms with van der Waals surface area (Å²) < 4.78 is 0. The predicted octanol–water partition coefficient (Wildman–Crippen LogP) is 1.14. The number of rotatable bonds is 0. The van der Waals surface area contributed by atoms with Crippen LogP contribution in [0.4, 0.5) is 0 Å². The summed E-state index contributed by atoms with van der Waals surface area (Å²) in [5.74, 6) is 0. The highest BCUT2D eigenvalue weighted by Crippen LogP contribution is 2.03. The summed E-state index contributed by atoms with van der Waals surface area (Å²) in [5, 5.41) is 10.3. The number of hydrogen-bond acceptors (Lipinski definition) is 3. The maximum Gasteiger partial charge on any atom is 0.112 e. The third kappa shape index (κ3) is 3.21. The van der Waals surface area contributed by atoms with Crippen molar-refractivity contribution in [2.24, 2.45) is 0 Å². The first kappa shape index (κ1) is 9.67. The summed E-state index contributed by atoms with van der Waals surface area (Å²) in [4.78, 5) is 2.00. The van der Waals surface area contributed by atoms with Crippen LogP contribution in [0.2, 0.25) is 0 Å². The summed E-state index contributed by atoms with van der Waals surface area (Å²) in [6.07, 6.45) is 0. The molecule has 0 saturated carbocycles. The molecule has 0 amide bonds. The van der Waals surface area contributed by atoms with Gasteiger partial charge in [0.2, 0.25) is 0 Å². The van der Waals surface area contributed by atoms with E-state index in [-0.39, 0.29) is 0 Å². The molecule has 1 heterocycles. The van der Waals surface area contributed by atoms with Gasteiger partial charge in [-0.15, -0.1) is 0 Å². The van der Waals surface area contributed by atoms with Crippen LogP contribution in [0.25, 0.3) is 11.0 Å². The number of hydrogen-bond donors (Lipinski definition) is 1. The number of H-pyrrole nitrogens is 1. The molecule has 0 aliphatic heterocycles. The van der Waals surface area contributed by atoms with Gasteiger partial charge < -0.3 is 4.90 Å². The Morgan fingerprint density at radius 2 is 1.38 bits per heavy atom. The van der Waals surface area contributed by atoms with Crippen LogP contribution >= 0.6 is 0 Å². The number of para-hydroxylation sites is 2. The topological polar surface area (TPSA) is 44.8 Å². The third-order valence-corrected chi connectivity index (χ3v) is 1.22. The SMILES string of the molecule is CN(C)C.c1ccc2n[nH]nc2c1. The molecule has 70 valence electrons. The second-order valence-electron chi connectivity index (χ2n) is 3.15. The van der Waals surface area contributed by atoms with Crippen molar-refractivity contribution in [1.82, 2.24) is 20.3 Å². The minimum absolute atomic E-state index is 0.914. The normalized spacial score (nSPS) is 9.85. The van der Waals surface area contributed by atoms with Gasteiger partial charge in [0.1, 0.15) is 11.0 Å². The van der Waals surface area contributed by atoms with Gasteiger partial charge >= 0.3 is 0 Å². The summed E-state index contributed by atoms with van der Waals surface area (Å²) in [6, 6.07) is 7.70. The third-order valence-electron chi connectivity index (χ3n) is 1.22. The van der Waals surface area contributed by atoms with E-state index >= 15 is 0 Å². The number of nitrogens with zero attached hydrogens (tertiary/aromatic N) is 3. The maximum atomic E-state index is 3.88. The molecule has 0 fully saturated rings. The molecule has 0 radical (unpaired) electrons. The van der Waals surface area contributed by atoms with E-state index in [2.05, 4.69) is 15.4 Å². The molecule has 0 aliphatic rings. The number of nitrogens with one attached hydrogen (secondary N) is 1. The van der Waals surface area contributed by atoms with Crippen LogP contribution in [0.3, 0.4) is 0 Å². The van der Waals surface area contributed by atoms with Gasteiger partial charge in [0.05, 0.1) is 0 Å². The lowest BCUT2D eigenvalue weighted by molar-refractivity contribution is 0.505. The lowest BCUT2D eigenvalue weighted by Gasteiger charge is -1.90. The number of aromatic nitrogens is 3. The highest BCUT2D eigenvalue weighted by Gasteiger charge is 1.90. The van der Waals surface area contributed by atoms with Crippen LogP contribution in [0.5, 0.6) is 0 Å². The van der Waals surface area contributed by atoms with Crippen molar-refractivity contribution in [3.63, 3.8) is 0 Å². The molecular weight excluding hydrogens is 164 g/mol. The standard InChI is InChI=1S/C6H5N3.C3H9N/c1-2-4-6-5(3-1)7-9-8-6;1-4(2)3/h1-4H,(H,7,8,9);1-3H3. The van der Waals surface area contributed by atoms with Crippen molar-refractivity contribution in [3.05, 3.63) is 24.3 Å². The Kier molecular flexibility index (Phi) is 3.40. The first-order valence-electron chi connectivity index (χ1n) is 4.06. The molecule has 0 unspecified atom stereocenters. The average molecular weight is 178 g/mol. The van der Waals surface area contributed by atoms with E-state index in [0.29, 0.717) is 0 Å². The number of aromatic amines is 1. The van der Waals surface area contributed by atoms with Crippen molar-refractivity contribution in [2.75, 3.05) is 21.1 Å². The number of benzene rings is 1. The molecule has 0 spiro atoms. The van der Waals surface area contributed by atoms with Crippen molar-refractivity contribution in [1.29, 1.82) is 0 Å². The second kappa shape index (κ2) is 4.57. The van der Waals surface area contributed by atoms with Crippen LogP contribution in [0.1, 0.15) is 0 Å². The zero-order valence-corrected chi connectivity index (χ0v) is 8.15. The molecule has 13 heavy (non-hydrogen) atoms. The molecule has 1 N–H and O–H groups in total. The second-order valence-corrected chi connectivity index (χ2v) is 3.15. The van der Waals surface area contributed by atoms with Crippen molar-refractivity contribution in [3.8, 4) is 0 Å². The average Bonchev–Trinajstić information content (AvgIpc) is 2.49. The lowest BCUT2D eigenvalue weighted by Crippen LogP contribution is -1.99. The Bertz CT molecular complexity index is 320. The van der Waals surface area contributed by atoms with E-state index in [1.807, 2.05) is 50.3 Å². The first-order chi connectivity index (χ1) is 6.20. The van der Waals surface area contributed by atoms with Gasteiger partial charge in [0.25, 0.3) is 0 Å². The smallest absolute Gasteiger partial charge is 0.112 e. The fraction of sp³-hybridized carbons (Fsp3) is 0.333. The van der Waals surface area contributed by atoms with Gasteiger partial charge in [-0.1, -0.05) is 12.1 Å². The van der Waals surface area contributed by atoms with Gasteiger partial charge in [-0.2, -0.15) is 15.4 Å². The molecule has 0 aliphatic carbocycles. The number of fused-ring (bicyclic) bond motifs is 1. The first-order valence-corrected chi connectivity index (χ1v) is 4.06. The van der Waals surface area contributed by atoms with Gasteiger partial charge in [-0.3, -0.25) is 0 Å². The fourth-order valence-corrected chi connectivity index (χ4v) is 0.786. The molecule has 0 saturated heterocycles. The molecular formula is C9H14N4. The van der Waals surface area contributed by atoms with Crippen LogP contribution in [0, 0.1) is 0 Å². The zero-order chi connectivity index (χ0) is 9.68. The quantitative estimate of drug-likeness (QED) is 0.658. The van der Waals surface area contributed by atoms with E-state index in [1.165, 1.54) is 0 Å². The van der Waals surface area contributed by atoms with Crippen molar-refractivity contribution >= 4 is 11.0 Å². The van der Waals surface area contributed by atoms with Crippen LogP contribution in [0.15, 0.2) is 24.3 Å². The molecule has 4 heteroatoms. The Morgan fingerprint density at radius 3 is 1.77 bits per heavy atom. The summed E-state index contributed by atoms with van der Waals surface area (Å²) >= 11 is 0. The van der Waals surface area contributed by atoms with E-state index in [0.717, 1.165) is 11.0 Å². The predicted molar refractivity (Wildman–Crippen MR) is 53.5 cm³/mol. The van der Waals surface area contributed by atoms with Crippen LogP contribution in [-0.2, 0) is 0 Å². The molecule has 4 nitrogen and oxygen atoms in total. The highest BCUT2D eigenvalue weighted by atomic mass is 15.3. The summed E-state index contributed by atoms with van der Waals surface area (Å²) in [5.41, 5.74) is 1.83. The van der Waals surface area contributed by atoms with Gasteiger partial charge in [-0.05, 0) is 33.3 Å². The van der Waals surface area contributed by atoms with Gasteiger partial charge in [0.15, 0.2) is 0 Å². The van der Waals surface area contributed by atoms with E-state index in [1.54, 1.807) is 0 Å². The molecule has 1 aromatic heterocycles.